The summed E-state index contributed by atoms with van der Waals surface area (Å²) >= 11 is 3.38. The van der Waals surface area contributed by atoms with E-state index in [0.29, 0.717) is 6.42 Å². The van der Waals surface area contributed by atoms with Crippen LogP contribution in [0.5, 0.6) is 0 Å². The first-order chi connectivity index (χ1) is 8.09. The number of alkyl halides is 1. The molecule has 2 rings (SSSR count). The summed E-state index contributed by atoms with van der Waals surface area (Å²) in [5, 5.41) is 11.4. The minimum Gasteiger partial charge on any atom is -0.480 e. The van der Waals surface area contributed by atoms with Crippen molar-refractivity contribution in [3.05, 3.63) is 48.0 Å². The van der Waals surface area contributed by atoms with Crippen molar-refractivity contribution in [1.82, 2.24) is 0 Å². The Morgan fingerprint density at radius 1 is 1.24 bits per heavy atom. The van der Waals surface area contributed by atoms with E-state index in [9.17, 15) is 9.90 Å². The Bertz CT molecular complexity index is 560. The van der Waals surface area contributed by atoms with Crippen LogP contribution in [0.15, 0.2) is 42.5 Å². The first kappa shape index (κ1) is 12.1. The van der Waals surface area contributed by atoms with Crippen LogP contribution in [-0.4, -0.2) is 11.1 Å². The molecule has 88 valence electrons. The van der Waals surface area contributed by atoms with E-state index in [2.05, 4.69) is 15.9 Å². The van der Waals surface area contributed by atoms with E-state index in [4.69, 9.17) is 0 Å². The smallest absolute Gasteiger partial charge is 0.325 e. The average molecular weight is 293 g/mol. The van der Waals surface area contributed by atoms with Crippen molar-refractivity contribution in [3.63, 3.8) is 0 Å². The third kappa shape index (κ3) is 1.95. The Hall–Kier alpha value is -1.35. The first-order valence-corrected chi connectivity index (χ1v) is 6.29. The minimum atomic E-state index is -1.01. The third-order valence-electron chi connectivity index (χ3n) is 3.04. The Balaban J connectivity index is 2.74. The predicted molar refractivity (Wildman–Crippen MR) is 72.5 cm³/mol. The first-order valence-electron chi connectivity index (χ1n) is 5.50. The van der Waals surface area contributed by atoms with Crippen molar-refractivity contribution < 1.29 is 9.90 Å². The molecular formula is C14H13BrO2. The minimum absolute atomic E-state index is 0.496. The molecular weight excluding hydrogens is 280 g/mol. The van der Waals surface area contributed by atoms with Gasteiger partial charge in [-0.3, -0.25) is 4.79 Å². The number of rotatable bonds is 3. The molecule has 0 heterocycles. The molecule has 0 spiro atoms. The van der Waals surface area contributed by atoms with Crippen molar-refractivity contribution in [2.24, 2.45) is 0 Å². The van der Waals surface area contributed by atoms with Crippen LogP contribution in [0.2, 0.25) is 0 Å². The van der Waals surface area contributed by atoms with Gasteiger partial charge in [-0.25, -0.2) is 0 Å². The number of carboxylic acid groups (broad SMARTS) is 1. The maximum absolute atomic E-state index is 11.4. The van der Waals surface area contributed by atoms with Gasteiger partial charge in [0.2, 0.25) is 0 Å². The van der Waals surface area contributed by atoms with Crippen LogP contribution < -0.4 is 0 Å². The second-order valence-electron chi connectivity index (χ2n) is 3.99. The zero-order valence-electron chi connectivity index (χ0n) is 9.48. The summed E-state index contributed by atoms with van der Waals surface area (Å²) in [7, 11) is 0. The number of benzene rings is 2. The van der Waals surface area contributed by atoms with Crippen LogP contribution in [0.4, 0.5) is 0 Å². The molecule has 2 aromatic rings. The van der Waals surface area contributed by atoms with Gasteiger partial charge in [-0.15, -0.1) is 0 Å². The van der Waals surface area contributed by atoms with Gasteiger partial charge in [0.05, 0.1) is 0 Å². The third-order valence-corrected chi connectivity index (χ3v) is 4.37. The van der Waals surface area contributed by atoms with Crippen molar-refractivity contribution in [2.45, 2.75) is 17.7 Å². The monoisotopic (exact) mass is 292 g/mol. The van der Waals surface area contributed by atoms with E-state index in [1.54, 1.807) is 0 Å². The second kappa shape index (κ2) is 4.49. The lowest BCUT2D eigenvalue weighted by atomic mass is 9.91. The predicted octanol–water partition coefficient (Wildman–Crippen LogP) is 3.92. The lowest BCUT2D eigenvalue weighted by Crippen LogP contribution is -2.28. The molecule has 0 radical (unpaired) electrons. The highest BCUT2D eigenvalue weighted by Gasteiger charge is 2.36. The zero-order valence-corrected chi connectivity index (χ0v) is 11.1. The summed E-state index contributed by atoms with van der Waals surface area (Å²) in [6.07, 6.45) is 0.496. The van der Waals surface area contributed by atoms with Crippen molar-refractivity contribution in [1.29, 1.82) is 0 Å². The normalized spacial score (nSPS) is 14.5. The van der Waals surface area contributed by atoms with E-state index in [1.807, 2.05) is 49.4 Å². The fourth-order valence-corrected chi connectivity index (χ4v) is 2.37. The number of fused-ring (bicyclic) bond motifs is 1. The maximum atomic E-state index is 11.4. The van der Waals surface area contributed by atoms with Gasteiger partial charge in [0.15, 0.2) is 0 Å². The Morgan fingerprint density at radius 2 is 1.88 bits per heavy atom. The summed E-state index contributed by atoms with van der Waals surface area (Å²) in [6.45, 7) is 1.87. The number of carbonyl (C=O) groups is 1. The fraction of sp³-hybridized carbons (Fsp3) is 0.214. The zero-order chi connectivity index (χ0) is 12.5. The SMILES string of the molecule is CCC(Br)(C(=O)O)c1cccc2ccccc12. The summed E-state index contributed by atoms with van der Waals surface area (Å²) in [5.41, 5.74) is 0.811. The molecule has 0 fully saturated rings. The number of hydrogen-bond donors (Lipinski definition) is 1. The van der Waals surface area contributed by atoms with Gasteiger partial charge in [0.25, 0.3) is 0 Å². The summed E-state index contributed by atoms with van der Waals surface area (Å²) < 4.78 is -1.01. The highest BCUT2D eigenvalue weighted by molar-refractivity contribution is 9.10. The number of hydrogen-bond acceptors (Lipinski definition) is 1. The topological polar surface area (TPSA) is 37.3 Å². The van der Waals surface area contributed by atoms with Gasteiger partial charge in [-0.2, -0.15) is 0 Å². The van der Waals surface area contributed by atoms with Gasteiger partial charge in [0, 0.05) is 0 Å². The van der Waals surface area contributed by atoms with Gasteiger partial charge in [-0.1, -0.05) is 65.3 Å². The molecule has 0 aliphatic carbocycles. The molecule has 3 heteroatoms. The molecule has 0 aliphatic rings. The Labute approximate surface area is 108 Å². The van der Waals surface area contributed by atoms with Crippen LogP contribution >= 0.6 is 15.9 Å². The summed E-state index contributed by atoms with van der Waals surface area (Å²) in [5.74, 6) is -0.851. The van der Waals surface area contributed by atoms with Crippen LogP contribution in [0.1, 0.15) is 18.9 Å². The molecule has 1 N–H and O–H groups in total. The van der Waals surface area contributed by atoms with Gasteiger partial charge >= 0.3 is 5.97 Å². The van der Waals surface area contributed by atoms with E-state index >= 15 is 0 Å². The van der Waals surface area contributed by atoms with Crippen LogP contribution in [0.25, 0.3) is 10.8 Å². The van der Waals surface area contributed by atoms with Crippen molar-refractivity contribution in [2.75, 3.05) is 0 Å². The molecule has 0 saturated heterocycles. The molecule has 0 aromatic heterocycles. The molecule has 1 atom stereocenters. The average Bonchev–Trinajstić information content (AvgIpc) is 2.37. The lowest BCUT2D eigenvalue weighted by Gasteiger charge is -2.23. The largest absolute Gasteiger partial charge is 0.480 e. The standard InChI is InChI=1S/C14H13BrO2/c1-2-14(15,13(16)17)12-9-5-7-10-6-3-4-8-11(10)12/h3-9H,2H2,1H3,(H,16,17). The van der Waals surface area contributed by atoms with E-state index < -0.39 is 10.3 Å². The molecule has 17 heavy (non-hydrogen) atoms. The molecule has 1 unspecified atom stereocenters. The molecule has 0 amide bonds. The van der Waals surface area contributed by atoms with Gasteiger partial charge in [-0.05, 0) is 22.8 Å². The quantitative estimate of drug-likeness (QED) is 0.871. The molecule has 2 aromatic carbocycles. The molecule has 2 nitrogen and oxygen atoms in total. The van der Waals surface area contributed by atoms with Crippen LogP contribution in [0, 0.1) is 0 Å². The van der Waals surface area contributed by atoms with Gasteiger partial charge in [0.1, 0.15) is 4.32 Å². The highest BCUT2D eigenvalue weighted by atomic mass is 79.9. The second-order valence-corrected chi connectivity index (χ2v) is 5.34. The molecule has 0 bridgehead atoms. The summed E-state index contributed by atoms with van der Waals surface area (Å²) in [4.78, 5) is 11.4. The van der Waals surface area contributed by atoms with Crippen molar-refractivity contribution in [3.8, 4) is 0 Å². The summed E-state index contributed by atoms with van der Waals surface area (Å²) in [6, 6.07) is 13.6. The van der Waals surface area contributed by atoms with E-state index in [1.165, 1.54) is 0 Å². The number of halogens is 1. The van der Waals surface area contributed by atoms with E-state index in [-0.39, 0.29) is 0 Å². The number of aliphatic carboxylic acids is 1. The van der Waals surface area contributed by atoms with Crippen LogP contribution in [-0.2, 0) is 9.12 Å². The maximum Gasteiger partial charge on any atom is 0.325 e. The Kier molecular flexibility index (Phi) is 3.20. The molecule has 0 saturated carbocycles. The van der Waals surface area contributed by atoms with E-state index in [0.717, 1.165) is 16.3 Å². The Morgan fingerprint density at radius 3 is 2.53 bits per heavy atom. The van der Waals surface area contributed by atoms with Crippen molar-refractivity contribution >= 4 is 32.7 Å². The van der Waals surface area contributed by atoms with Gasteiger partial charge < -0.3 is 5.11 Å². The fourth-order valence-electron chi connectivity index (χ4n) is 2.03. The molecule has 0 aliphatic heterocycles. The van der Waals surface area contributed by atoms with Crippen LogP contribution in [0.3, 0.4) is 0 Å². The lowest BCUT2D eigenvalue weighted by molar-refractivity contribution is -0.139. The highest BCUT2D eigenvalue weighted by Crippen LogP contribution is 2.39. The number of carboxylic acids is 1.